The molecule has 0 aliphatic heterocycles. The summed E-state index contributed by atoms with van der Waals surface area (Å²) < 4.78 is 0. The van der Waals surface area contributed by atoms with Crippen LogP contribution in [0, 0.1) is 5.92 Å². The average Bonchev–Trinajstić information content (AvgIpc) is 1.84. The van der Waals surface area contributed by atoms with E-state index in [-0.39, 0.29) is 17.6 Å². The molecule has 0 amide bonds. The minimum atomic E-state index is -0.792. The summed E-state index contributed by atoms with van der Waals surface area (Å²) in [6.07, 6.45) is 1.85. The van der Waals surface area contributed by atoms with Gasteiger partial charge in [-0.05, 0) is 30.4 Å². The smallest absolute Gasteiger partial charge is 0.303 e. The summed E-state index contributed by atoms with van der Waals surface area (Å²) in [6.45, 7) is 1.89. The molecule has 0 heterocycles. The monoisotopic (exact) mass is 192 g/mol. The number of hydrogen-bond acceptors (Lipinski definition) is 2. The van der Waals surface area contributed by atoms with E-state index in [0.717, 1.165) is 6.42 Å². The highest BCUT2D eigenvalue weighted by molar-refractivity contribution is 6.63. The first kappa shape index (κ1) is 11.4. The molecule has 0 saturated heterocycles. The van der Waals surface area contributed by atoms with E-state index in [9.17, 15) is 9.59 Å². The molecule has 70 valence electrons. The maximum absolute atomic E-state index is 10.4. The number of carboxylic acid groups (broad SMARTS) is 1. The summed E-state index contributed by atoms with van der Waals surface area (Å²) in [7, 11) is 0. The Morgan fingerprint density at radius 1 is 1.50 bits per heavy atom. The van der Waals surface area contributed by atoms with Gasteiger partial charge >= 0.3 is 5.97 Å². The van der Waals surface area contributed by atoms with Crippen LogP contribution in [0.5, 0.6) is 0 Å². The Bertz CT molecular complexity index is 168. The Balaban J connectivity index is 3.37. The van der Waals surface area contributed by atoms with Gasteiger partial charge in [-0.25, -0.2) is 0 Å². The van der Waals surface area contributed by atoms with Gasteiger partial charge in [0, 0.05) is 12.8 Å². The first-order chi connectivity index (χ1) is 5.52. The first-order valence-corrected chi connectivity index (χ1v) is 4.30. The molecule has 0 aromatic rings. The van der Waals surface area contributed by atoms with Crippen molar-refractivity contribution in [3.63, 3.8) is 0 Å². The number of carboxylic acids is 1. The summed E-state index contributed by atoms with van der Waals surface area (Å²) in [5.41, 5.74) is 0. The molecule has 0 aliphatic rings. The molecule has 0 aromatic carbocycles. The average molecular weight is 193 g/mol. The van der Waals surface area contributed by atoms with Crippen molar-refractivity contribution in [3.05, 3.63) is 0 Å². The van der Waals surface area contributed by atoms with Gasteiger partial charge in [0.05, 0.1) is 0 Å². The quantitative estimate of drug-likeness (QED) is 0.656. The third-order valence-corrected chi connectivity index (χ3v) is 1.75. The summed E-state index contributed by atoms with van der Waals surface area (Å²) in [4.78, 5) is 20.5. The molecule has 0 spiro atoms. The zero-order valence-corrected chi connectivity index (χ0v) is 7.80. The fourth-order valence-electron chi connectivity index (χ4n) is 0.978. The topological polar surface area (TPSA) is 54.4 Å². The van der Waals surface area contributed by atoms with Gasteiger partial charge in [0.1, 0.15) is 0 Å². The van der Waals surface area contributed by atoms with Crippen LogP contribution in [0.3, 0.4) is 0 Å². The van der Waals surface area contributed by atoms with Crippen LogP contribution >= 0.6 is 11.6 Å². The van der Waals surface area contributed by atoms with Crippen molar-refractivity contribution in [1.29, 1.82) is 0 Å². The minimum Gasteiger partial charge on any atom is -0.481 e. The van der Waals surface area contributed by atoms with Crippen LogP contribution in [0.15, 0.2) is 0 Å². The van der Waals surface area contributed by atoms with Gasteiger partial charge in [0.15, 0.2) is 0 Å². The molecule has 1 atom stereocenters. The zero-order chi connectivity index (χ0) is 9.56. The first-order valence-electron chi connectivity index (χ1n) is 3.92. The highest BCUT2D eigenvalue weighted by Gasteiger charge is 2.07. The molecular weight excluding hydrogens is 180 g/mol. The SMILES string of the molecule is C[C@H](CCCC(=O)O)CC(=O)Cl. The predicted octanol–water partition coefficient (Wildman–Crippen LogP) is 2.03. The Kier molecular flexibility index (Phi) is 5.72. The van der Waals surface area contributed by atoms with Gasteiger partial charge in [-0.15, -0.1) is 0 Å². The van der Waals surface area contributed by atoms with Gasteiger partial charge < -0.3 is 5.11 Å². The lowest BCUT2D eigenvalue weighted by Gasteiger charge is -2.05. The highest BCUT2D eigenvalue weighted by Crippen LogP contribution is 2.13. The summed E-state index contributed by atoms with van der Waals surface area (Å²) in [5, 5.41) is 7.97. The number of carbonyl (C=O) groups excluding carboxylic acids is 1. The van der Waals surface area contributed by atoms with Crippen molar-refractivity contribution >= 4 is 22.8 Å². The third-order valence-electron chi connectivity index (χ3n) is 1.60. The van der Waals surface area contributed by atoms with E-state index in [2.05, 4.69) is 0 Å². The van der Waals surface area contributed by atoms with E-state index >= 15 is 0 Å². The molecule has 0 saturated carbocycles. The largest absolute Gasteiger partial charge is 0.481 e. The van der Waals surface area contributed by atoms with Crippen LogP contribution in [0.2, 0.25) is 0 Å². The van der Waals surface area contributed by atoms with Crippen LogP contribution in [0.25, 0.3) is 0 Å². The maximum atomic E-state index is 10.4. The number of halogens is 1. The fourth-order valence-corrected chi connectivity index (χ4v) is 1.24. The molecule has 0 rings (SSSR count). The predicted molar refractivity (Wildman–Crippen MR) is 46.1 cm³/mol. The molecule has 3 nitrogen and oxygen atoms in total. The molecule has 0 unspecified atom stereocenters. The Labute approximate surface area is 76.7 Å². The van der Waals surface area contributed by atoms with Crippen LogP contribution in [0.1, 0.15) is 32.6 Å². The van der Waals surface area contributed by atoms with Crippen LogP contribution < -0.4 is 0 Å². The van der Waals surface area contributed by atoms with Crippen LogP contribution in [0.4, 0.5) is 0 Å². The minimum absolute atomic E-state index is 0.167. The van der Waals surface area contributed by atoms with E-state index in [1.54, 1.807) is 0 Å². The molecule has 0 aromatic heterocycles. The van der Waals surface area contributed by atoms with Gasteiger partial charge in [-0.3, -0.25) is 9.59 Å². The van der Waals surface area contributed by atoms with Crippen molar-refractivity contribution in [2.45, 2.75) is 32.6 Å². The number of rotatable bonds is 6. The van der Waals surface area contributed by atoms with E-state index in [1.165, 1.54) is 0 Å². The molecule has 4 heteroatoms. The number of hydrogen-bond donors (Lipinski definition) is 1. The molecular formula is C8H13ClO3. The Hall–Kier alpha value is -0.570. The lowest BCUT2D eigenvalue weighted by Crippen LogP contribution is -2.02. The second-order valence-corrected chi connectivity index (χ2v) is 3.37. The fraction of sp³-hybridized carbons (Fsp3) is 0.750. The summed E-state index contributed by atoms with van der Waals surface area (Å²) in [6, 6.07) is 0. The molecule has 0 radical (unpaired) electrons. The molecule has 1 N–H and O–H groups in total. The zero-order valence-electron chi connectivity index (χ0n) is 7.05. The molecule has 12 heavy (non-hydrogen) atoms. The molecule has 0 aliphatic carbocycles. The van der Waals surface area contributed by atoms with Gasteiger partial charge in [0.25, 0.3) is 0 Å². The Morgan fingerprint density at radius 2 is 2.08 bits per heavy atom. The van der Waals surface area contributed by atoms with E-state index in [4.69, 9.17) is 16.7 Å². The van der Waals surface area contributed by atoms with Crippen LogP contribution in [-0.4, -0.2) is 16.3 Å². The van der Waals surface area contributed by atoms with Gasteiger partial charge in [0.2, 0.25) is 5.24 Å². The summed E-state index contributed by atoms with van der Waals surface area (Å²) >= 11 is 5.16. The van der Waals surface area contributed by atoms with Gasteiger partial charge in [-0.1, -0.05) is 6.92 Å². The second-order valence-electron chi connectivity index (χ2n) is 2.95. The van der Waals surface area contributed by atoms with E-state index < -0.39 is 5.97 Å². The van der Waals surface area contributed by atoms with Crippen molar-refractivity contribution < 1.29 is 14.7 Å². The standard InChI is InChI=1S/C8H13ClO3/c1-6(5-7(9)10)3-2-4-8(11)12/h6H,2-5H2,1H3,(H,11,12)/t6-/m1/s1. The van der Waals surface area contributed by atoms with Gasteiger partial charge in [-0.2, -0.15) is 0 Å². The highest BCUT2D eigenvalue weighted by atomic mass is 35.5. The van der Waals surface area contributed by atoms with Crippen molar-refractivity contribution in [2.75, 3.05) is 0 Å². The Morgan fingerprint density at radius 3 is 2.50 bits per heavy atom. The van der Waals surface area contributed by atoms with Crippen molar-refractivity contribution in [2.24, 2.45) is 5.92 Å². The third kappa shape index (κ3) is 7.54. The summed E-state index contributed by atoms with van der Waals surface area (Å²) in [5.74, 6) is -0.603. The molecule has 0 bridgehead atoms. The second kappa shape index (κ2) is 6.00. The lowest BCUT2D eigenvalue weighted by molar-refractivity contribution is -0.137. The maximum Gasteiger partial charge on any atom is 0.303 e. The normalized spacial score (nSPS) is 12.5. The van der Waals surface area contributed by atoms with E-state index in [0.29, 0.717) is 12.8 Å². The number of carbonyl (C=O) groups is 2. The molecule has 0 fully saturated rings. The number of aliphatic carboxylic acids is 1. The van der Waals surface area contributed by atoms with Crippen molar-refractivity contribution in [3.8, 4) is 0 Å². The lowest BCUT2D eigenvalue weighted by atomic mass is 10.0. The van der Waals surface area contributed by atoms with Crippen LogP contribution in [-0.2, 0) is 9.59 Å². The van der Waals surface area contributed by atoms with E-state index in [1.807, 2.05) is 6.92 Å². The van der Waals surface area contributed by atoms with Crippen molar-refractivity contribution in [1.82, 2.24) is 0 Å².